The molecule has 0 saturated carbocycles. The molecule has 2 unspecified atom stereocenters. The first-order valence-corrected chi connectivity index (χ1v) is 8.12. The molecule has 0 radical (unpaired) electrons. The van der Waals surface area contributed by atoms with Gasteiger partial charge in [0.15, 0.2) is 0 Å². The molecule has 4 nitrogen and oxygen atoms in total. The summed E-state index contributed by atoms with van der Waals surface area (Å²) >= 11 is 0. The van der Waals surface area contributed by atoms with Crippen LogP contribution in [0, 0.1) is 5.41 Å². The first kappa shape index (κ1) is 17.0. The molecule has 1 fully saturated rings. The number of carbonyl (C=O) groups is 1. The van der Waals surface area contributed by atoms with Crippen LogP contribution in [0.2, 0.25) is 0 Å². The number of likely N-dealkylation sites (tertiary alicyclic amines) is 1. The minimum absolute atomic E-state index is 0.0462. The Bertz CT molecular complexity index is 482. The number of nitrogens with one attached hydrogen (secondary N) is 1. The monoisotopic (exact) mass is 304 g/mol. The fourth-order valence-corrected chi connectivity index (χ4v) is 3.04. The Morgan fingerprint density at radius 1 is 1.27 bits per heavy atom. The van der Waals surface area contributed by atoms with Gasteiger partial charge in [0.25, 0.3) is 0 Å². The zero-order valence-electron chi connectivity index (χ0n) is 13.9. The largest absolute Gasteiger partial charge is 0.390 e. The third-order valence-electron chi connectivity index (χ3n) is 4.16. The zero-order chi connectivity index (χ0) is 16.2. The molecule has 2 N–H and O–H groups in total. The van der Waals surface area contributed by atoms with E-state index >= 15 is 0 Å². The number of hydrogen-bond acceptors (Lipinski definition) is 3. The number of hydrogen-bond donors (Lipinski definition) is 2. The van der Waals surface area contributed by atoms with Crippen LogP contribution in [-0.4, -0.2) is 41.7 Å². The zero-order valence-corrected chi connectivity index (χ0v) is 13.9. The second-order valence-electron chi connectivity index (χ2n) is 7.22. The second kappa shape index (κ2) is 7.25. The summed E-state index contributed by atoms with van der Waals surface area (Å²) in [6.45, 7) is 8.26. The van der Waals surface area contributed by atoms with Gasteiger partial charge in [0.2, 0.25) is 5.91 Å². The fraction of sp³-hybridized carbons (Fsp3) is 0.611. The Balaban J connectivity index is 1.92. The summed E-state index contributed by atoms with van der Waals surface area (Å²) in [5.41, 5.74) is 1.27. The lowest BCUT2D eigenvalue weighted by Gasteiger charge is -2.33. The van der Waals surface area contributed by atoms with Gasteiger partial charge in [0, 0.05) is 32.1 Å². The van der Waals surface area contributed by atoms with Crippen molar-refractivity contribution in [2.45, 2.75) is 45.8 Å². The van der Waals surface area contributed by atoms with Crippen LogP contribution in [0.15, 0.2) is 30.3 Å². The summed E-state index contributed by atoms with van der Waals surface area (Å²) in [5.74, 6) is 0.162. The molecule has 22 heavy (non-hydrogen) atoms. The normalized spacial score (nSPS) is 18.5. The molecule has 1 aromatic rings. The van der Waals surface area contributed by atoms with Crippen LogP contribution < -0.4 is 5.32 Å². The highest BCUT2D eigenvalue weighted by Crippen LogP contribution is 2.32. The highest BCUT2D eigenvalue weighted by Gasteiger charge is 2.27. The molecule has 2 rings (SSSR count). The highest BCUT2D eigenvalue weighted by molar-refractivity contribution is 5.78. The predicted octanol–water partition coefficient (Wildman–Crippen LogP) is 2.35. The maximum atomic E-state index is 11.6. The summed E-state index contributed by atoms with van der Waals surface area (Å²) in [5, 5.41) is 13.7. The SMILES string of the molecule is CC(C)(C)C(NCC(O)CN1CCCC1=O)c1ccccc1. The third-order valence-corrected chi connectivity index (χ3v) is 4.16. The van der Waals surface area contributed by atoms with Crippen molar-refractivity contribution in [3.63, 3.8) is 0 Å². The van der Waals surface area contributed by atoms with Gasteiger partial charge in [-0.15, -0.1) is 0 Å². The number of β-amino-alcohol motifs (C(OH)–C–C–N with tert-alkyl or cyclic N) is 1. The van der Waals surface area contributed by atoms with E-state index in [2.05, 4.69) is 38.2 Å². The molecular formula is C18H28N2O2. The average molecular weight is 304 g/mol. The number of nitrogens with zero attached hydrogens (tertiary/aromatic N) is 1. The minimum atomic E-state index is -0.532. The van der Waals surface area contributed by atoms with Crippen LogP contribution in [0.3, 0.4) is 0 Å². The summed E-state index contributed by atoms with van der Waals surface area (Å²) in [6.07, 6.45) is 0.998. The molecule has 1 heterocycles. The number of rotatable bonds is 6. The number of aliphatic hydroxyl groups excluding tert-OH is 1. The molecule has 4 heteroatoms. The van der Waals surface area contributed by atoms with Crippen molar-refractivity contribution < 1.29 is 9.90 Å². The van der Waals surface area contributed by atoms with Crippen LogP contribution in [0.4, 0.5) is 0 Å². The lowest BCUT2D eigenvalue weighted by molar-refractivity contribution is -0.128. The molecule has 1 aromatic carbocycles. The first-order chi connectivity index (χ1) is 10.4. The van der Waals surface area contributed by atoms with Crippen LogP contribution in [-0.2, 0) is 4.79 Å². The number of carbonyl (C=O) groups excluding carboxylic acids is 1. The second-order valence-corrected chi connectivity index (χ2v) is 7.22. The van der Waals surface area contributed by atoms with E-state index in [1.54, 1.807) is 4.90 Å². The third kappa shape index (κ3) is 4.55. The molecule has 1 saturated heterocycles. The van der Waals surface area contributed by atoms with Crippen molar-refractivity contribution in [3.05, 3.63) is 35.9 Å². The van der Waals surface area contributed by atoms with E-state index in [9.17, 15) is 9.90 Å². The van der Waals surface area contributed by atoms with Crippen molar-refractivity contribution in [2.75, 3.05) is 19.6 Å². The van der Waals surface area contributed by atoms with Gasteiger partial charge in [-0.25, -0.2) is 0 Å². The van der Waals surface area contributed by atoms with E-state index in [-0.39, 0.29) is 17.4 Å². The van der Waals surface area contributed by atoms with Crippen molar-refractivity contribution in [3.8, 4) is 0 Å². The van der Waals surface area contributed by atoms with Gasteiger partial charge in [-0.3, -0.25) is 4.79 Å². The van der Waals surface area contributed by atoms with Crippen LogP contribution in [0.1, 0.15) is 45.2 Å². The van der Waals surface area contributed by atoms with E-state index in [0.717, 1.165) is 13.0 Å². The Morgan fingerprint density at radius 3 is 2.50 bits per heavy atom. The molecule has 122 valence electrons. The number of amides is 1. The number of benzene rings is 1. The molecule has 0 aromatic heterocycles. The van der Waals surface area contributed by atoms with Crippen LogP contribution >= 0.6 is 0 Å². The van der Waals surface area contributed by atoms with Gasteiger partial charge in [0.05, 0.1) is 6.10 Å². The van der Waals surface area contributed by atoms with E-state index in [0.29, 0.717) is 19.5 Å². The Labute approximate surface area is 133 Å². The standard InChI is InChI=1S/C18H28N2O2/c1-18(2,3)17(14-8-5-4-6-9-14)19-12-15(21)13-20-11-7-10-16(20)22/h4-6,8-9,15,17,19,21H,7,10-13H2,1-3H3. The van der Waals surface area contributed by atoms with Gasteiger partial charge >= 0.3 is 0 Å². The quantitative estimate of drug-likeness (QED) is 0.848. The van der Waals surface area contributed by atoms with E-state index in [4.69, 9.17) is 0 Å². The molecule has 0 aliphatic carbocycles. The Morgan fingerprint density at radius 2 is 1.95 bits per heavy atom. The molecule has 1 aliphatic rings. The molecule has 1 aliphatic heterocycles. The smallest absolute Gasteiger partial charge is 0.222 e. The van der Waals surface area contributed by atoms with E-state index < -0.39 is 6.10 Å². The van der Waals surface area contributed by atoms with Crippen molar-refractivity contribution in [1.29, 1.82) is 0 Å². The highest BCUT2D eigenvalue weighted by atomic mass is 16.3. The van der Waals surface area contributed by atoms with Crippen molar-refractivity contribution in [2.24, 2.45) is 5.41 Å². The topological polar surface area (TPSA) is 52.6 Å². The Kier molecular flexibility index (Phi) is 5.59. The van der Waals surface area contributed by atoms with E-state index in [1.165, 1.54) is 5.56 Å². The Hall–Kier alpha value is -1.39. The molecule has 0 spiro atoms. The van der Waals surface area contributed by atoms with Gasteiger partial charge < -0.3 is 15.3 Å². The van der Waals surface area contributed by atoms with Gasteiger partial charge in [-0.05, 0) is 17.4 Å². The molecule has 2 atom stereocenters. The molecular weight excluding hydrogens is 276 g/mol. The van der Waals surface area contributed by atoms with Crippen molar-refractivity contribution in [1.82, 2.24) is 10.2 Å². The summed E-state index contributed by atoms with van der Waals surface area (Å²) in [4.78, 5) is 13.4. The maximum Gasteiger partial charge on any atom is 0.222 e. The molecule has 1 amide bonds. The van der Waals surface area contributed by atoms with Gasteiger partial charge in [-0.2, -0.15) is 0 Å². The lowest BCUT2D eigenvalue weighted by Crippen LogP contribution is -2.42. The first-order valence-electron chi connectivity index (χ1n) is 8.12. The summed E-state index contributed by atoms with van der Waals surface area (Å²) < 4.78 is 0. The van der Waals surface area contributed by atoms with Crippen molar-refractivity contribution >= 4 is 5.91 Å². The van der Waals surface area contributed by atoms with E-state index in [1.807, 2.05) is 18.2 Å². The van der Waals surface area contributed by atoms with Gasteiger partial charge in [0.1, 0.15) is 0 Å². The number of aliphatic hydroxyl groups is 1. The average Bonchev–Trinajstić information content (AvgIpc) is 2.84. The van der Waals surface area contributed by atoms with Crippen LogP contribution in [0.5, 0.6) is 0 Å². The molecule has 0 bridgehead atoms. The minimum Gasteiger partial charge on any atom is -0.390 e. The van der Waals surface area contributed by atoms with Crippen LogP contribution in [0.25, 0.3) is 0 Å². The lowest BCUT2D eigenvalue weighted by atomic mass is 9.82. The predicted molar refractivity (Wildman–Crippen MR) is 88.5 cm³/mol. The maximum absolute atomic E-state index is 11.6. The fourth-order valence-electron chi connectivity index (χ4n) is 3.04. The summed E-state index contributed by atoms with van der Waals surface area (Å²) in [7, 11) is 0. The summed E-state index contributed by atoms with van der Waals surface area (Å²) in [6, 6.07) is 10.5. The van der Waals surface area contributed by atoms with Gasteiger partial charge in [-0.1, -0.05) is 51.1 Å².